The van der Waals surface area contributed by atoms with Gasteiger partial charge in [-0.2, -0.15) is 0 Å². The normalized spacial score (nSPS) is 20.0. The maximum absolute atomic E-state index is 12.5. The third-order valence-corrected chi connectivity index (χ3v) is 5.52. The molecule has 1 fully saturated rings. The molecule has 1 N–H and O–H groups in total. The summed E-state index contributed by atoms with van der Waals surface area (Å²) in [5.41, 5.74) is 1.17. The number of carbonyl (C=O) groups is 1. The molecule has 0 spiro atoms. The van der Waals surface area contributed by atoms with Gasteiger partial charge < -0.3 is 10.2 Å². The van der Waals surface area contributed by atoms with Crippen molar-refractivity contribution in [1.82, 2.24) is 4.98 Å². The molecule has 1 amide bonds. The number of anilines is 2. The van der Waals surface area contributed by atoms with Crippen molar-refractivity contribution in [2.24, 2.45) is 5.92 Å². The van der Waals surface area contributed by atoms with Crippen LogP contribution in [-0.2, 0) is 0 Å². The fourth-order valence-corrected chi connectivity index (χ4v) is 4.07. The first-order valence-corrected chi connectivity index (χ1v) is 9.90. The zero-order valence-electron chi connectivity index (χ0n) is 14.2. The molecule has 2 aromatic rings. The molecular formula is C19H20Cl3N3O. The number of nitrogens with one attached hydrogen (secondary N) is 1. The maximum atomic E-state index is 12.5. The van der Waals surface area contributed by atoms with E-state index in [0.717, 1.165) is 25.2 Å². The van der Waals surface area contributed by atoms with E-state index in [1.807, 2.05) is 6.07 Å². The van der Waals surface area contributed by atoms with Gasteiger partial charge in [0.25, 0.3) is 5.91 Å². The summed E-state index contributed by atoms with van der Waals surface area (Å²) < 4.78 is 0. The predicted octanol–water partition coefficient (Wildman–Crippen LogP) is 5.05. The van der Waals surface area contributed by atoms with Crippen molar-refractivity contribution in [3.8, 4) is 0 Å². The molecule has 138 valence electrons. The second kappa shape index (κ2) is 8.94. The largest absolute Gasteiger partial charge is 0.353 e. The Hall–Kier alpha value is -1.49. The fourth-order valence-electron chi connectivity index (χ4n) is 3.18. The van der Waals surface area contributed by atoms with E-state index in [1.54, 1.807) is 36.5 Å². The van der Waals surface area contributed by atoms with Gasteiger partial charge in [0.05, 0.1) is 11.1 Å². The number of carbonyl (C=O) groups excluding carboxylic acids is 1. The minimum atomic E-state index is -0.221. The topological polar surface area (TPSA) is 45.2 Å². The minimum Gasteiger partial charge on any atom is -0.353 e. The molecule has 0 aliphatic carbocycles. The average molecular weight is 413 g/mol. The summed E-state index contributed by atoms with van der Waals surface area (Å²) in [6, 6.07) is 10.5. The molecule has 1 aliphatic heterocycles. The van der Waals surface area contributed by atoms with Crippen LogP contribution in [0.25, 0.3) is 0 Å². The molecule has 7 heteroatoms. The van der Waals surface area contributed by atoms with Crippen LogP contribution in [0, 0.1) is 5.92 Å². The van der Waals surface area contributed by atoms with Crippen LogP contribution in [-0.4, -0.2) is 35.2 Å². The van der Waals surface area contributed by atoms with Gasteiger partial charge in [0.2, 0.25) is 0 Å². The van der Waals surface area contributed by atoms with Crippen LogP contribution in [0.4, 0.5) is 11.5 Å². The molecule has 2 atom stereocenters. The monoisotopic (exact) mass is 411 g/mol. The summed E-state index contributed by atoms with van der Waals surface area (Å²) >= 11 is 18.4. The Balaban J connectivity index is 1.75. The van der Waals surface area contributed by atoms with E-state index < -0.39 is 0 Å². The van der Waals surface area contributed by atoms with Gasteiger partial charge in [-0.1, -0.05) is 17.7 Å². The molecule has 4 nitrogen and oxygen atoms in total. The Bertz CT molecular complexity index is 771. The number of alkyl halides is 2. The van der Waals surface area contributed by atoms with Crippen LogP contribution in [0.1, 0.15) is 23.2 Å². The molecular weight excluding hydrogens is 393 g/mol. The number of rotatable bonds is 5. The minimum absolute atomic E-state index is 0.0148. The van der Waals surface area contributed by atoms with Crippen LogP contribution < -0.4 is 10.2 Å². The molecule has 0 radical (unpaired) electrons. The van der Waals surface area contributed by atoms with E-state index in [1.165, 1.54) is 0 Å². The predicted molar refractivity (Wildman–Crippen MR) is 109 cm³/mol. The lowest BCUT2D eigenvalue weighted by Gasteiger charge is -2.36. The van der Waals surface area contributed by atoms with E-state index in [0.29, 0.717) is 34.6 Å². The Morgan fingerprint density at radius 1 is 1.31 bits per heavy atom. The van der Waals surface area contributed by atoms with Crippen molar-refractivity contribution < 1.29 is 4.79 Å². The molecule has 3 rings (SSSR count). The SMILES string of the molecule is O=C(Nc1cccnc1N1CCC(CCCl)C(Cl)C1)c1cccc(Cl)c1. The summed E-state index contributed by atoms with van der Waals surface area (Å²) in [7, 11) is 0. The summed E-state index contributed by atoms with van der Waals surface area (Å²) in [6.45, 7) is 1.52. The molecule has 2 heterocycles. The second-order valence-corrected chi connectivity index (χ2v) is 7.70. The van der Waals surface area contributed by atoms with Crippen molar-refractivity contribution >= 4 is 52.2 Å². The number of pyridine rings is 1. The lowest BCUT2D eigenvalue weighted by molar-refractivity contribution is 0.102. The highest BCUT2D eigenvalue weighted by atomic mass is 35.5. The fraction of sp³-hybridized carbons (Fsp3) is 0.368. The van der Waals surface area contributed by atoms with Crippen molar-refractivity contribution in [2.45, 2.75) is 18.2 Å². The van der Waals surface area contributed by atoms with Crippen molar-refractivity contribution in [3.63, 3.8) is 0 Å². The molecule has 1 aliphatic rings. The summed E-state index contributed by atoms with van der Waals surface area (Å²) in [5, 5.41) is 3.47. The molecule has 1 aromatic carbocycles. The van der Waals surface area contributed by atoms with E-state index in [2.05, 4.69) is 15.2 Å². The number of benzene rings is 1. The Morgan fingerprint density at radius 2 is 2.15 bits per heavy atom. The van der Waals surface area contributed by atoms with Crippen LogP contribution >= 0.6 is 34.8 Å². The number of hydrogen-bond donors (Lipinski definition) is 1. The van der Waals surface area contributed by atoms with E-state index in [-0.39, 0.29) is 11.3 Å². The highest BCUT2D eigenvalue weighted by Gasteiger charge is 2.29. The van der Waals surface area contributed by atoms with Crippen LogP contribution in [0.15, 0.2) is 42.6 Å². The van der Waals surface area contributed by atoms with Crippen molar-refractivity contribution in [2.75, 3.05) is 29.2 Å². The highest BCUT2D eigenvalue weighted by Crippen LogP contribution is 2.31. The van der Waals surface area contributed by atoms with Gasteiger partial charge >= 0.3 is 0 Å². The molecule has 2 unspecified atom stereocenters. The van der Waals surface area contributed by atoms with Crippen LogP contribution in [0.3, 0.4) is 0 Å². The van der Waals surface area contributed by atoms with Gasteiger partial charge in [0.15, 0.2) is 5.82 Å². The summed E-state index contributed by atoms with van der Waals surface area (Å²) in [4.78, 5) is 19.1. The maximum Gasteiger partial charge on any atom is 0.255 e. The number of nitrogens with zero attached hydrogens (tertiary/aromatic N) is 2. The molecule has 1 aromatic heterocycles. The molecule has 0 saturated carbocycles. The summed E-state index contributed by atoms with van der Waals surface area (Å²) in [5.74, 6) is 1.55. The average Bonchev–Trinajstić information content (AvgIpc) is 2.64. The Labute approximate surface area is 168 Å². The lowest BCUT2D eigenvalue weighted by atomic mass is 9.93. The first-order valence-electron chi connectivity index (χ1n) is 8.55. The molecule has 0 bridgehead atoms. The van der Waals surface area contributed by atoms with Gasteiger partial charge in [-0.3, -0.25) is 4.79 Å². The molecule has 1 saturated heterocycles. The zero-order chi connectivity index (χ0) is 18.5. The Kier molecular flexibility index (Phi) is 6.63. The van der Waals surface area contributed by atoms with Gasteiger partial charge in [-0.15, -0.1) is 23.2 Å². The Morgan fingerprint density at radius 3 is 2.88 bits per heavy atom. The van der Waals surface area contributed by atoms with Crippen molar-refractivity contribution in [3.05, 3.63) is 53.2 Å². The first-order chi connectivity index (χ1) is 12.6. The lowest BCUT2D eigenvalue weighted by Crippen LogP contribution is -2.42. The standard InChI is InChI=1S/C19H20Cl3N3O/c20-8-6-13-7-10-25(12-16(13)22)18-17(5-2-9-23-18)24-19(26)14-3-1-4-15(21)11-14/h1-5,9,11,13,16H,6-8,10,12H2,(H,24,26). The van der Waals surface area contributed by atoms with Gasteiger partial charge in [0, 0.05) is 35.8 Å². The van der Waals surface area contributed by atoms with Crippen LogP contribution in [0.5, 0.6) is 0 Å². The first kappa shape index (κ1) is 19.3. The quantitative estimate of drug-likeness (QED) is 0.699. The van der Waals surface area contributed by atoms with Gasteiger partial charge in [0.1, 0.15) is 0 Å². The van der Waals surface area contributed by atoms with Crippen LogP contribution in [0.2, 0.25) is 5.02 Å². The van der Waals surface area contributed by atoms with E-state index in [4.69, 9.17) is 34.8 Å². The number of piperidine rings is 1. The number of amides is 1. The zero-order valence-corrected chi connectivity index (χ0v) is 16.4. The highest BCUT2D eigenvalue weighted by molar-refractivity contribution is 6.31. The smallest absolute Gasteiger partial charge is 0.255 e. The molecule has 26 heavy (non-hydrogen) atoms. The third kappa shape index (κ3) is 4.61. The van der Waals surface area contributed by atoms with Gasteiger partial charge in [-0.25, -0.2) is 4.98 Å². The van der Waals surface area contributed by atoms with Gasteiger partial charge in [-0.05, 0) is 49.1 Å². The number of hydrogen-bond acceptors (Lipinski definition) is 3. The van der Waals surface area contributed by atoms with E-state index in [9.17, 15) is 4.79 Å². The van der Waals surface area contributed by atoms with Crippen molar-refractivity contribution in [1.29, 1.82) is 0 Å². The second-order valence-electron chi connectivity index (χ2n) is 6.33. The third-order valence-electron chi connectivity index (χ3n) is 4.58. The summed E-state index contributed by atoms with van der Waals surface area (Å²) in [6.07, 6.45) is 3.60. The number of halogens is 3. The van der Waals surface area contributed by atoms with E-state index >= 15 is 0 Å². The number of aromatic nitrogens is 1.